The third-order valence-electron chi connectivity index (χ3n) is 3.76. The molecule has 20 heavy (non-hydrogen) atoms. The van der Waals surface area contributed by atoms with Gasteiger partial charge in [-0.1, -0.05) is 31.0 Å². The van der Waals surface area contributed by atoms with Crippen LogP contribution >= 0.6 is 0 Å². The molecule has 1 aromatic carbocycles. The molecule has 1 aliphatic rings. The Kier molecular flexibility index (Phi) is 5.41. The zero-order chi connectivity index (χ0) is 14.4. The van der Waals surface area contributed by atoms with Crippen LogP contribution < -0.4 is 10.1 Å². The standard InChI is InChI=1S/C16H23NO3/c1-12-6-2-5-9-15(12)20-11-10-16(19)17-13-7-3-4-8-14(13)18/h2,5-6,9,13-14,18H,3-4,7-8,10-11H2,1H3,(H,17,19)/t13-,14-/m0/s1. The largest absolute Gasteiger partial charge is 0.493 e. The molecule has 0 aromatic heterocycles. The zero-order valence-corrected chi connectivity index (χ0v) is 12.0. The maximum Gasteiger partial charge on any atom is 0.223 e. The van der Waals surface area contributed by atoms with E-state index in [4.69, 9.17) is 4.74 Å². The molecule has 0 unspecified atom stereocenters. The molecule has 1 aromatic rings. The average Bonchev–Trinajstić information content (AvgIpc) is 2.43. The normalized spacial score (nSPS) is 22.3. The monoisotopic (exact) mass is 277 g/mol. The molecule has 0 radical (unpaired) electrons. The second kappa shape index (κ2) is 7.29. The minimum Gasteiger partial charge on any atom is -0.493 e. The van der Waals surface area contributed by atoms with Crippen molar-refractivity contribution >= 4 is 5.91 Å². The number of para-hydroxylation sites is 1. The van der Waals surface area contributed by atoms with Gasteiger partial charge in [0.05, 0.1) is 25.2 Å². The van der Waals surface area contributed by atoms with Crippen LogP contribution in [0.1, 0.15) is 37.7 Å². The Morgan fingerprint density at radius 3 is 2.85 bits per heavy atom. The highest BCUT2D eigenvalue weighted by atomic mass is 16.5. The smallest absolute Gasteiger partial charge is 0.223 e. The highest BCUT2D eigenvalue weighted by molar-refractivity contribution is 5.76. The molecule has 4 nitrogen and oxygen atoms in total. The first kappa shape index (κ1) is 14.9. The number of benzene rings is 1. The van der Waals surface area contributed by atoms with Gasteiger partial charge in [-0.3, -0.25) is 4.79 Å². The molecule has 0 bridgehead atoms. The molecule has 2 N–H and O–H groups in total. The number of aryl methyl sites for hydroxylation is 1. The first-order valence-electron chi connectivity index (χ1n) is 7.32. The van der Waals surface area contributed by atoms with Crippen molar-refractivity contribution in [3.63, 3.8) is 0 Å². The minimum absolute atomic E-state index is 0.0514. The minimum atomic E-state index is -0.398. The van der Waals surface area contributed by atoms with Crippen LogP contribution in [0.2, 0.25) is 0 Å². The molecule has 110 valence electrons. The Labute approximate surface area is 120 Å². The third kappa shape index (κ3) is 4.23. The Bertz CT molecular complexity index is 447. The Balaban J connectivity index is 1.71. The number of ether oxygens (including phenoxy) is 1. The molecule has 1 fully saturated rings. The number of carbonyl (C=O) groups excluding carboxylic acids is 1. The van der Waals surface area contributed by atoms with Gasteiger partial charge in [-0.25, -0.2) is 0 Å². The van der Waals surface area contributed by atoms with Crippen LogP contribution in [-0.2, 0) is 4.79 Å². The van der Waals surface area contributed by atoms with Crippen LogP contribution in [0.4, 0.5) is 0 Å². The molecular weight excluding hydrogens is 254 g/mol. The lowest BCUT2D eigenvalue weighted by atomic mass is 9.92. The average molecular weight is 277 g/mol. The maximum absolute atomic E-state index is 11.8. The van der Waals surface area contributed by atoms with E-state index in [0.717, 1.165) is 37.0 Å². The molecule has 1 amide bonds. The van der Waals surface area contributed by atoms with Gasteiger partial charge in [0, 0.05) is 0 Å². The maximum atomic E-state index is 11.8. The van der Waals surface area contributed by atoms with Gasteiger partial charge in [0.2, 0.25) is 5.91 Å². The summed E-state index contributed by atoms with van der Waals surface area (Å²) >= 11 is 0. The first-order valence-corrected chi connectivity index (χ1v) is 7.32. The SMILES string of the molecule is Cc1ccccc1OCCC(=O)N[C@H]1CCCC[C@@H]1O. The lowest BCUT2D eigenvalue weighted by Gasteiger charge is -2.28. The molecule has 0 heterocycles. The highest BCUT2D eigenvalue weighted by Crippen LogP contribution is 2.19. The van der Waals surface area contributed by atoms with E-state index in [1.54, 1.807) is 0 Å². The Hall–Kier alpha value is -1.55. The van der Waals surface area contributed by atoms with Crippen molar-refractivity contribution in [3.05, 3.63) is 29.8 Å². The van der Waals surface area contributed by atoms with E-state index in [9.17, 15) is 9.90 Å². The van der Waals surface area contributed by atoms with Gasteiger partial charge in [-0.15, -0.1) is 0 Å². The summed E-state index contributed by atoms with van der Waals surface area (Å²) in [5.41, 5.74) is 1.07. The predicted molar refractivity (Wildman–Crippen MR) is 77.7 cm³/mol. The third-order valence-corrected chi connectivity index (χ3v) is 3.76. The molecule has 0 aliphatic heterocycles. The molecule has 0 spiro atoms. The van der Waals surface area contributed by atoms with Crippen LogP contribution in [0.3, 0.4) is 0 Å². The molecule has 2 atom stereocenters. The number of hydrogen-bond acceptors (Lipinski definition) is 3. The molecular formula is C16H23NO3. The second-order valence-electron chi connectivity index (χ2n) is 5.39. The van der Waals surface area contributed by atoms with E-state index in [1.165, 1.54) is 0 Å². The molecule has 2 rings (SSSR count). The summed E-state index contributed by atoms with van der Waals surface area (Å²) in [7, 11) is 0. The van der Waals surface area contributed by atoms with Gasteiger partial charge >= 0.3 is 0 Å². The predicted octanol–water partition coefficient (Wildman–Crippen LogP) is 2.18. The fraction of sp³-hybridized carbons (Fsp3) is 0.562. The highest BCUT2D eigenvalue weighted by Gasteiger charge is 2.24. The van der Waals surface area contributed by atoms with Gasteiger partial charge in [-0.05, 0) is 31.4 Å². The van der Waals surface area contributed by atoms with Crippen LogP contribution in [0.15, 0.2) is 24.3 Å². The summed E-state index contributed by atoms with van der Waals surface area (Å²) in [4.78, 5) is 11.8. The van der Waals surface area contributed by atoms with E-state index in [0.29, 0.717) is 13.0 Å². The topological polar surface area (TPSA) is 58.6 Å². The first-order chi connectivity index (χ1) is 9.66. The van der Waals surface area contributed by atoms with Crippen molar-refractivity contribution in [3.8, 4) is 5.75 Å². The summed E-state index contributed by atoms with van der Waals surface area (Å²) in [5.74, 6) is 0.766. The van der Waals surface area contributed by atoms with Gasteiger partial charge < -0.3 is 15.2 Å². The van der Waals surface area contributed by atoms with E-state index in [-0.39, 0.29) is 11.9 Å². The summed E-state index contributed by atoms with van der Waals surface area (Å²) in [6, 6.07) is 7.67. The lowest BCUT2D eigenvalue weighted by Crippen LogP contribution is -2.45. The van der Waals surface area contributed by atoms with Crippen LogP contribution in [0.5, 0.6) is 5.75 Å². The second-order valence-corrected chi connectivity index (χ2v) is 5.39. The number of hydrogen-bond donors (Lipinski definition) is 2. The number of rotatable bonds is 5. The van der Waals surface area contributed by atoms with Crippen molar-refractivity contribution in [2.45, 2.75) is 51.2 Å². The molecule has 4 heteroatoms. The molecule has 1 aliphatic carbocycles. The van der Waals surface area contributed by atoms with E-state index >= 15 is 0 Å². The van der Waals surface area contributed by atoms with Crippen molar-refractivity contribution in [2.24, 2.45) is 0 Å². The summed E-state index contributed by atoms with van der Waals surface area (Å²) < 4.78 is 5.60. The number of carbonyl (C=O) groups is 1. The van der Waals surface area contributed by atoms with Crippen molar-refractivity contribution in [1.82, 2.24) is 5.32 Å². The fourth-order valence-corrected chi connectivity index (χ4v) is 2.53. The number of nitrogens with one attached hydrogen (secondary N) is 1. The Morgan fingerprint density at radius 1 is 1.35 bits per heavy atom. The quantitative estimate of drug-likeness (QED) is 0.867. The molecule has 0 saturated heterocycles. The van der Waals surface area contributed by atoms with E-state index in [2.05, 4.69) is 5.32 Å². The van der Waals surface area contributed by atoms with Gasteiger partial charge in [0.25, 0.3) is 0 Å². The van der Waals surface area contributed by atoms with Crippen molar-refractivity contribution in [1.29, 1.82) is 0 Å². The van der Waals surface area contributed by atoms with Gasteiger partial charge in [0.1, 0.15) is 5.75 Å². The summed E-state index contributed by atoms with van der Waals surface area (Å²) in [5, 5.41) is 12.7. The lowest BCUT2D eigenvalue weighted by molar-refractivity contribution is -0.123. The number of aliphatic hydroxyl groups excluding tert-OH is 1. The van der Waals surface area contributed by atoms with Crippen LogP contribution in [0, 0.1) is 6.92 Å². The number of amides is 1. The fourth-order valence-electron chi connectivity index (χ4n) is 2.53. The Morgan fingerprint density at radius 2 is 2.10 bits per heavy atom. The van der Waals surface area contributed by atoms with Crippen molar-refractivity contribution < 1.29 is 14.6 Å². The molecule has 1 saturated carbocycles. The summed E-state index contributed by atoms with van der Waals surface area (Å²) in [6.45, 7) is 2.34. The number of aliphatic hydroxyl groups is 1. The van der Waals surface area contributed by atoms with E-state index in [1.807, 2.05) is 31.2 Å². The van der Waals surface area contributed by atoms with Gasteiger partial charge in [-0.2, -0.15) is 0 Å². The van der Waals surface area contributed by atoms with Crippen molar-refractivity contribution in [2.75, 3.05) is 6.61 Å². The van der Waals surface area contributed by atoms with E-state index < -0.39 is 6.10 Å². The van der Waals surface area contributed by atoms with Crippen LogP contribution in [0.25, 0.3) is 0 Å². The van der Waals surface area contributed by atoms with Gasteiger partial charge in [0.15, 0.2) is 0 Å². The van der Waals surface area contributed by atoms with Crippen LogP contribution in [-0.4, -0.2) is 29.8 Å². The zero-order valence-electron chi connectivity index (χ0n) is 12.0. The summed E-state index contributed by atoms with van der Waals surface area (Å²) in [6.07, 6.45) is 3.68.